The maximum atomic E-state index is 5.26. The Morgan fingerprint density at radius 1 is 1.11 bits per heavy atom. The van der Waals surface area contributed by atoms with Gasteiger partial charge in [-0.1, -0.05) is 12.8 Å². The lowest BCUT2D eigenvalue weighted by atomic mass is 9.83. The molecule has 0 unspecified atom stereocenters. The first-order valence-electron chi connectivity index (χ1n) is 6.89. The summed E-state index contributed by atoms with van der Waals surface area (Å²) in [4.78, 5) is 9.01. The number of hydrogen-bond acceptors (Lipinski definition) is 2. The minimum absolute atomic E-state index is 0.382. The third kappa shape index (κ3) is 4.16. The first kappa shape index (κ1) is 15.3. The molecular weight excluding hydrogens is 226 g/mol. The van der Waals surface area contributed by atoms with Gasteiger partial charge in [0.25, 0.3) is 0 Å². The Balaban J connectivity index is 2.68. The lowest BCUT2D eigenvalue weighted by Crippen LogP contribution is -2.36. The van der Waals surface area contributed by atoms with Gasteiger partial charge in [0.15, 0.2) is 5.96 Å². The third-order valence-corrected chi connectivity index (χ3v) is 3.86. The van der Waals surface area contributed by atoms with Gasteiger partial charge in [0.2, 0.25) is 0 Å². The molecule has 0 N–H and O–H groups in total. The van der Waals surface area contributed by atoms with Crippen molar-refractivity contribution in [3.63, 3.8) is 0 Å². The third-order valence-electron chi connectivity index (χ3n) is 3.86. The van der Waals surface area contributed by atoms with Crippen LogP contribution in [0.2, 0.25) is 0 Å². The smallest absolute Gasteiger partial charge is 0.195 e. The van der Waals surface area contributed by atoms with Gasteiger partial charge < -0.3 is 14.5 Å². The second-order valence-electron chi connectivity index (χ2n) is 5.85. The number of rotatable bonds is 5. The van der Waals surface area contributed by atoms with E-state index in [1.165, 1.54) is 25.7 Å². The molecule has 0 aromatic rings. The molecule has 0 radical (unpaired) electrons. The molecule has 4 heteroatoms. The zero-order chi connectivity index (χ0) is 13.6. The van der Waals surface area contributed by atoms with Gasteiger partial charge >= 0.3 is 0 Å². The molecule has 1 rings (SSSR count). The molecule has 106 valence electrons. The number of methoxy groups -OCH3 is 1. The zero-order valence-corrected chi connectivity index (χ0v) is 12.7. The lowest BCUT2D eigenvalue weighted by Gasteiger charge is -2.29. The summed E-state index contributed by atoms with van der Waals surface area (Å²) in [6.45, 7) is 1.79. The standard InChI is InChI=1S/C14H29N3O/c1-16(2)13(17(3)4)15-12-14(10-11-18-5)8-6-7-9-14/h6-12H2,1-5H3. The minimum Gasteiger partial charge on any atom is -0.385 e. The van der Waals surface area contributed by atoms with Crippen LogP contribution in [0.1, 0.15) is 32.1 Å². The van der Waals surface area contributed by atoms with E-state index in [2.05, 4.69) is 38.0 Å². The van der Waals surface area contributed by atoms with Gasteiger partial charge in [-0.15, -0.1) is 0 Å². The van der Waals surface area contributed by atoms with Crippen molar-refractivity contribution in [1.82, 2.24) is 9.80 Å². The van der Waals surface area contributed by atoms with E-state index in [4.69, 9.17) is 9.73 Å². The van der Waals surface area contributed by atoms with Crippen LogP contribution in [0.3, 0.4) is 0 Å². The van der Waals surface area contributed by atoms with Crippen molar-refractivity contribution in [3.8, 4) is 0 Å². The van der Waals surface area contributed by atoms with E-state index in [-0.39, 0.29) is 0 Å². The topological polar surface area (TPSA) is 28.1 Å². The Bertz CT molecular complexity index is 258. The number of guanidine groups is 1. The summed E-state index contributed by atoms with van der Waals surface area (Å²) < 4.78 is 5.26. The predicted molar refractivity (Wildman–Crippen MR) is 77.1 cm³/mol. The molecule has 1 fully saturated rings. The number of ether oxygens (including phenoxy) is 1. The molecule has 18 heavy (non-hydrogen) atoms. The summed E-state index contributed by atoms with van der Waals surface area (Å²) in [5.41, 5.74) is 0.382. The van der Waals surface area contributed by atoms with Gasteiger partial charge in [0.05, 0.1) is 0 Å². The van der Waals surface area contributed by atoms with Crippen LogP contribution in [0.15, 0.2) is 4.99 Å². The van der Waals surface area contributed by atoms with Crippen LogP contribution < -0.4 is 0 Å². The van der Waals surface area contributed by atoms with E-state index < -0.39 is 0 Å². The molecule has 0 spiro atoms. The SMILES string of the molecule is COCCC1(CN=C(N(C)C)N(C)C)CCCC1. The quantitative estimate of drug-likeness (QED) is 0.556. The Hall–Kier alpha value is -0.770. The Morgan fingerprint density at radius 2 is 1.67 bits per heavy atom. The Kier molecular flexibility index (Phi) is 5.93. The van der Waals surface area contributed by atoms with E-state index in [1.54, 1.807) is 7.11 Å². The average Bonchev–Trinajstić information content (AvgIpc) is 2.75. The van der Waals surface area contributed by atoms with E-state index in [9.17, 15) is 0 Å². The monoisotopic (exact) mass is 255 g/mol. The Morgan fingerprint density at radius 3 is 2.11 bits per heavy atom. The molecule has 0 aliphatic heterocycles. The van der Waals surface area contributed by atoms with Gasteiger partial charge in [-0.25, -0.2) is 0 Å². The van der Waals surface area contributed by atoms with Crippen LogP contribution in [-0.2, 0) is 4.74 Å². The summed E-state index contributed by atoms with van der Waals surface area (Å²) in [6, 6.07) is 0. The van der Waals surface area contributed by atoms with Crippen LogP contribution in [0.4, 0.5) is 0 Å². The molecule has 1 saturated carbocycles. The molecule has 0 aromatic heterocycles. The second-order valence-corrected chi connectivity index (χ2v) is 5.85. The molecule has 0 atom stereocenters. The summed E-state index contributed by atoms with van der Waals surface area (Å²) in [7, 11) is 9.99. The van der Waals surface area contributed by atoms with Crippen molar-refractivity contribution < 1.29 is 4.74 Å². The fourth-order valence-corrected chi connectivity index (χ4v) is 2.85. The van der Waals surface area contributed by atoms with Crippen molar-refractivity contribution >= 4 is 5.96 Å². The summed E-state index contributed by atoms with van der Waals surface area (Å²) >= 11 is 0. The van der Waals surface area contributed by atoms with Crippen molar-refractivity contribution in [2.24, 2.45) is 10.4 Å². The highest BCUT2D eigenvalue weighted by atomic mass is 16.5. The molecule has 4 nitrogen and oxygen atoms in total. The van der Waals surface area contributed by atoms with E-state index in [0.29, 0.717) is 5.41 Å². The molecule has 0 amide bonds. The molecule has 0 bridgehead atoms. The molecular formula is C14H29N3O. The zero-order valence-electron chi connectivity index (χ0n) is 12.7. The number of aliphatic imine (C=N–C) groups is 1. The fourth-order valence-electron chi connectivity index (χ4n) is 2.85. The van der Waals surface area contributed by atoms with Gasteiger partial charge in [-0.2, -0.15) is 0 Å². The molecule has 0 aromatic carbocycles. The van der Waals surface area contributed by atoms with Crippen molar-refractivity contribution in [3.05, 3.63) is 0 Å². The van der Waals surface area contributed by atoms with Crippen molar-refractivity contribution in [2.75, 3.05) is 48.5 Å². The number of nitrogens with zero attached hydrogens (tertiary/aromatic N) is 3. The van der Waals surface area contributed by atoms with Crippen molar-refractivity contribution in [1.29, 1.82) is 0 Å². The molecule has 0 heterocycles. The normalized spacial score (nSPS) is 17.6. The first-order valence-corrected chi connectivity index (χ1v) is 6.89. The Labute approximate surface area is 112 Å². The van der Waals surface area contributed by atoms with Crippen LogP contribution in [0.25, 0.3) is 0 Å². The van der Waals surface area contributed by atoms with Gasteiger partial charge in [-0.05, 0) is 24.7 Å². The minimum atomic E-state index is 0.382. The maximum absolute atomic E-state index is 5.26. The second kappa shape index (κ2) is 6.98. The molecule has 1 aliphatic carbocycles. The maximum Gasteiger partial charge on any atom is 0.195 e. The molecule has 1 aliphatic rings. The highest BCUT2D eigenvalue weighted by molar-refractivity contribution is 5.79. The summed E-state index contributed by atoms with van der Waals surface area (Å²) in [5, 5.41) is 0. The molecule has 0 saturated heterocycles. The highest BCUT2D eigenvalue weighted by Gasteiger charge is 2.33. The average molecular weight is 255 g/mol. The first-order chi connectivity index (χ1) is 8.51. The van der Waals surface area contributed by atoms with Crippen molar-refractivity contribution in [2.45, 2.75) is 32.1 Å². The predicted octanol–water partition coefficient (Wildman–Crippen LogP) is 2.06. The van der Waals surface area contributed by atoms with E-state index >= 15 is 0 Å². The van der Waals surface area contributed by atoms with Gasteiger partial charge in [0, 0.05) is 48.5 Å². The largest absolute Gasteiger partial charge is 0.385 e. The van der Waals surface area contributed by atoms with E-state index in [0.717, 1.165) is 25.5 Å². The van der Waals surface area contributed by atoms with Crippen LogP contribution in [0, 0.1) is 5.41 Å². The van der Waals surface area contributed by atoms with Crippen LogP contribution >= 0.6 is 0 Å². The summed E-state index contributed by atoms with van der Waals surface area (Å²) in [5.74, 6) is 1.05. The van der Waals surface area contributed by atoms with Crippen LogP contribution in [-0.4, -0.2) is 64.2 Å². The number of hydrogen-bond donors (Lipinski definition) is 0. The van der Waals surface area contributed by atoms with Gasteiger partial charge in [0.1, 0.15) is 0 Å². The summed E-state index contributed by atoms with van der Waals surface area (Å²) in [6.07, 6.45) is 6.43. The highest BCUT2D eigenvalue weighted by Crippen LogP contribution is 2.41. The van der Waals surface area contributed by atoms with Crippen LogP contribution in [0.5, 0.6) is 0 Å². The lowest BCUT2D eigenvalue weighted by molar-refractivity contribution is 0.141. The fraction of sp³-hybridized carbons (Fsp3) is 0.929. The van der Waals surface area contributed by atoms with E-state index in [1.807, 2.05) is 0 Å². The van der Waals surface area contributed by atoms with Gasteiger partial charge in [-0.3, -0.25) is 4.99 Å².